The van der Waals surface area contributed by atoms with Gasteiger partial charge in [0.25, 0.3) is 0 Å². The summed E-state index contributed by atoms with van der Waals surface area (Å²) in [6.07, 6.45) is 3.35. The molecule has 1 aliphatic heterocycles. The number of nitrogens with zero attached hydrogens (tertiary/aromatic N) is 1. The van der Waals surface area contributed by atoms with Crippen molar-refractivity contribution in [3.63, 3.8) is 0 Å². The first-order valence-corrected chi connectivity index (χ1v) is 7.29. The molecular formula is C10H16N2O5S. The van der Waals surface area contributed by atoms with Crippen molar-refractivity contribution in [1.82, 2.24) is 5.32 Å². The highest BCUT2D eigenvalue weighted by atomic mass is 32.2. The number of esters is 1. The van der Waals surface area contributed by atoms with E-state index >= 15 is 0 Å². The third-order valence-corrected chi connectivity index (χ3v) is 3.48. The monoisotopic (exact) mass is 276 g/mol. The minimum atomic E-state index is -3.64. The molecule has 0 spiro atoms. The topological polar surface area (TPSA) is 94.1 Å². The summed E-state index contributed by atoms with van der Waals surface area (Å²) in [4.78, 5) is 15.2. The zero-order valence-electron chi connectivity index (χ0n) is 10.5. The predicted molar refractivity (Wildman–Crippen MR) is 65.5 cm³/mol. The molecule has 18 heavy (non-hydrogen) atoms. The van der Waals surface area contributed by atoms with Crippen LogP contribution < -0.4 is 5.32 Å². The first-order valence-electron chi connectivity index (χ1n) is 5.40. The van der Waals surface area contributed by atoms with E-state index < -0.39 is 21.0 Å². The Bertz CT molecular complexity index is 482. The van der Waals surface area contributed by atoms with Crippen LogP contribution in [0.5, 0.6) is 0 Å². The second kappa shape index (κ2) is 5.49. The fraction of sp³-hybridized carbons (Fsp3) is 0.600. The maximum atomic E-state index is 11.7. The highest BCUT2D eigenvalue weighted by Gasteiger charge is 2.42. The molecule has 0 aromatic carbocycles. The van der Waals surface area contributed by atoms with Gasteiger partial charge >= 0.3 is 11.2 Å². The quantitative estimate of drug-likeness (QED) is 0.699. The molecule has 1 rings (SSSR count). The molecule has 0 fully saturated rings. The summed E-state index contributed by atoms with van der Waals surface area (Å²) in [6.45, 7) is 3.70. The van der Waals surface area contributed by atoms with E-state index in [1.54, 1.807) is 13.8 Å². The van der Waals surface area contributed by atoms with Crippen molar-refractivity contribution in [2.45, 2.75) is 19.0 Å². The first-order chi connectivity index (χ1) is 8.36. The fourth-order valence-corrected chi connectivity index (χ4v) is 2.16. The molecule has 1 N–H and O–H groups in total. The van der Waals surface area contributed by atoms with E-state index in [9.17, 15) is 13.2 Å². The Morgan fingerprint density at radius 3 is 2.50 bits per heavy atom. The molecule has 102 valence electrons. The summed E-state index contributed by atoms with van der Waals surface area (Å²) < 4.78 is 33.2. The van der Waals surface area contributed by atoms with Crippen LogP contribution in [0.2, 0.25) is 0 Å². The fourth-order valence-electron chi connectivity index (χ4n) is 1.31. The van der Waals surface area contributed by atoms with E-state index in [0.29, 0.717) is 0 Å². The Morgan fingerprint density at radius 2 is 2.11 bits per heavy atom. The molecule has 1 heterocycles. The minimum Gasteiger partial charge on any atom is -0.462 e. The van der Waals surface area contributed by atoms with Gasteiger partial charge in [-0.15, -0.1) is 0 Å². The molecule has 8 heteroatoms. The molecule has 0 aromatic heterocycles. The van der Waals surface area contributed by atoms with Crippen LogP contribution in [-0.4, -0.2) is 45.3 Å². The van der Waals surface area contributed by atoms with E-state index in [2.05, 4.69) is 10.3 Å². The average Bonchev–Trinajstić information content (AvgIpc) is 2.29. The maximum absolute atomic E-state index is 11.7. The van der Waals surface area contributed by atoms with Gasteiger partial charge in [-0.2, -0.15) is 0 Å². The Hall–Kier alpha value is -1.41. The maximum Gasteiger partial charge on any atom is 0.343 e. The summed E-state index contributed by atoms with van der Waals surface area (Å²) in [5, 5.41) is 0.629. The number of hydrogen-bond donors (Lipinski definition) is 1. The van der Waals surface area contributed by atoms with Crippen LogP contribution in [0.1, 0.15) is 13.8 Å². The summed E-state index contributed by atoms with van der Waals surface area (Å²) in [5.74, 6) is -0.577. The van der Waals surface area contributed by atoms with E-state index in [-0.39, 0.29) is 18.8 Å². The van der Waals surface area contributed by atoms with Crippen molar-refractivity contribution in [3.05, 3.63) is 11.8 Å². The zero-order chi connectivity index (χ0) is 13.8. The van der Waals surface area contributed by atoms with Crippen LogP contribution in [0, 0.1) is 0 Å². The smallest absolute Gasteiger partial charge is 0.343 e. The lowest BCUT2D eigenvalue weighted by Gasteiger charge is -2.29. The van der Waals surface area contributed by atoms with Gasteiger partial charge in [-0.1, -0.05) is 0 Å². The van der Waals surface area contributed by atoms with E-state index in [0.717, 1.165) is 12.5 Å². The second-order valence-corrected chi connectivity index (χ2v) is 5.61. The van der Waals surface area contributed by atoms with Gasteiger partial charge in [-0.05, 0) is 13.8 Å². The van der Waals surface area contributed by atoms with E-state index in [1.807, 2.05) is 0 Å². The lowest BCUT2D eigenvalue weighted by Crippen LogP contribution is -2.52. The van der Waals surface area contributed by atoms with Crippen molar-refractivity contribution in [2.24, 2.45) is 4.99 Å². The number of rotatable bonds is 5. The van der Waals surface area contributed by atoms with Gasteiger partial charge in [-0.3, -0.25) is 0 Å². The van der Waals surface area contributed by atoms with Gasteiger partial charge in [-0.25, -0.2) is 18.2 Å². The Kier molecular flexibility index (Phi) is 4.47. The largest absolute Gasteiger partial charge is 0.462 e. The predicted octanol–water partition coefficient (Wildman–Crippen LogP) is -0.200. The van der Waals surface area contributed by atoms with Gasteiger partial charge in [0.15, 0.2) is 0 Å². The molecule has 0 saturated carbocycles. The number of carbonyl (C=O) groups is 1. The Balaban J connectivity index is 2.95. The van der Waals surface area contributed by atoms with Crippen LogP contribution in [0.25, 0.3) is 0 Å². The highest BCUT2D eigenvalue weighted by Crippen LogP contribution is 2.20. The third-order valence-electron chi connectivity index (χ3n) is 2.14. The summed E-state index contributed by atoms with van der Waals surface area (Å²) in [5.41, 5.74) is 0.135. The van der Waals surface area contributed by atoms with Crippen LogP contribution in [0.15, 0.2) is 16.8 Å². The second-order valence-electron chi connectivity index (χ2n) is 3.51. The molecule has 0 aliphatic carbocycles. The molecule has 0 radical (unpaired) electrons. The molecule has 1 atom stereocenters. The van der Waals surface area contributed by atoms with Gasteiger partial charge in [0, 0.05) is 25.3 Å². The van der Waals surface area contributed by atoms with Crippen molar-refractivity contribution >= 4 is 22.0 Å². The molecule has 1 aliphatic rings. The van der Waals surface area contributed by atoms with Crippen molar-refractivity contribution in [3.8, 4) is 0 Å². The van der Waals surface area contributed by atoms with Gasteiger partial charge in [0.1, 0.15) is 0 Å². The van der Waals surface area contributed by atoms with Crippen molar-refractivity contribution < 1.29 is 22.7 Å². The first kappa shape index (κ1) is 14.7. The summed E-state index contributed by atoms with van der Waals surface area (Å²) >= 11 is 0. The summed E-state index contributed by atoms with van der Waals surface area (Å²) in [6, 6.07) is 0. The minimum absolute atomic E-state index is 0.135. The van der Waals surface area contributed by atoms with Crippen molar-refractivity contribution in [1.29, 1.82) is 0 Å². The highest BCUT2D eigenvalue weighted by molar-refractivity contribution is 7.91. The van der Waals surface area contributed by atoms with Crippen LogP contribution in [0.4, 0.5) is 0 Å². The average molecular weight is 276 g/mol. The van der Waals surface area contributed by atoms with Gasteiger partial charge < -0.3 is 14.8 Å². The molecule has 7 nitrogen and oxygen atoms in total. The van der Waals surface area contributed by atoms with Crippen LogP contribution in [0.3, 0.4) is 0 Å². The third kappa shape index (κ3) is 2.88. The Labute approximate surface area is 106 Å². The normalized spacial score (nSPS) is 23.2. The Morgan fingerprint density at radius 1 is 1.44 bits per heavy atom. The molecule has 1 unspecified atom stereocenters. The van der Waals surface area contributed by atoms with Gasteiger partial charge in [0.05, 0.1) is 12.2 Å². The molecule has 0 bridgehead atoms. The van der Waals surface area contributed by atoms with E-state index in [1.165, 1.54) is 6.20 Å². The number of hydrogen-bond acceptors (Lipinski definition) is 7. The van der Waals surface area contributed by atoms with Crippen LogP contribution in [-0.2, 0) is 24.1 Å². The number of aliphatic imine (C=N–C) groups is 1. The van der Waals surface area contributed by atoms with E-state index in [4.69, 9.17) is 9.47 Å². The van der Waals surface area contributed by atoms with Crippen LogP contribution >= 0.6 is 0 Å². The number of nitrogens with one attached hydrogen (secondary N) is 1. The number of carbonyl (C=O) groups excluding carboxylic acids is 1. The van der Waals surface area contributed by atoms with Gasteiger partial charge in [0.2, 0.25) is 9.84 Å². The lowest BCUT2D eigenvalue weighted by atomic mass is 10.3. The standard InChI is InChI=1S/C10H16N2O5S/c1-4-16-9(13)8-6-11-10(12-7-8,17-5-2)18(3,14)15/h6-7,11H,4-5H2,1-3H3. The SMILES string of the molecule is CCOC(=O)C1=CNC(OCC)(S(C)(=O)=O)N=C1. The summed E-state index contributed by atoms with van der Waals surface area (Å²) in [7, 11) is -3.64. The molecule has 0 saturated heterocycles. The van der Waals surface area contributed by atoms with Crippen molar-refractivity contribution in [2.75, 3.05) is 19.5 Å². The number of ether oxygens (including phenoxy) is 2. The molecule has 0 aromatic rings. The zero-order valence-corrected chi connectivity index (χ0v) is 11.3. The molecule has 0 amide bonds. The number of sulfone groups is 1. The molecular weight excluding hydrogens is 260 g/mol. The lowest BCUT2D eigenvalue weighted by molar-refractivity contribution is -0.137.